The zero-order chi connectivity index (χ0) is 15.4. The third-order valence-corrected chi connectivity index (χ3v) is 3.74. The molecule has 2 heterocycles. The van der Waals surface area contributed by atoms with E-state index in [9.17, 15) is 9.18 Å². The van der Waals surface area contributed by atoms with Gasteiger partial charge in [0.15, 0.2) is 0 Å². The Labute approximate surface area is 128 Å². The minimum atomic E-state index is -0.476. The molecule has 0 saturated carbocycles. The molecule has 116 valence electrons. The van der Waals surface area contributed by atoms with Crippen molar-refractivity contribution in [2.24, 2.45) is 0 Å². The average molecular weight is 303 g/mol. The molecular weight excluding hydrogens is 285 g/mol. The molecule has 1 N–H and O–H groups in total. The zero-order valence-electron chi connectivity index (χ0n) is 12.2. The first-order chi connectivity index (χ1) is 10.7. The molecule has 1 aromatic carbocycles. The van der Waals surface area contributed by atoms with Crippen LogP contribution in [0.5, 0.6) is 0 Å². The van der Waals surface area contributed by atoms with Crippen molar-refractivity contribution in [1.82, 2.24) is 15.1 Å². The molecule has 1 fully saturated rings. The van der Waals surface area contributed by atoms with Crippen LogP contribution in [0.15, 0.2) is 36.7 Å². The summed E-state index contributed by atoms with van der Waals surface area (Å²) >= 11 is 0. The van der Waals surface area contributed by atoms with Gasteiger partial charge in [-0.25, -0.2) is 9.07 Å². The van der Waals surface area contributed by atoms with E-state index >= 15 is 0 Å². The van der Waals surface area contributed by atoms with E-state index in [0.29, 0.717) is 17.8 Å². The smallest absolute Gasteiger partial charge is 0.251 e. The van der Waals surface area contributed by atoms with Crippen LogP contribution in [0, 0.1) is 5.82 Å². The van der Waals surface area contributed by atoms with E-state index < -0.39 is 5.82 Å². The van der Waals surface area contributed by atoms with Gasteiger partial charge < -0.3 is 10.1 Å². The maximum Gasteiger partial charge on any atom is 0.251 e. The van der Waals surface area contributed by atoms with Crippen molar-refractivity contribution in [3.05, 3.63) is 48.0 Å². The number of nitrogens with zero attached hydrogens (tertiary/aromatic N) is 2. The molecular formula is C16H18FN3O2. The molecule has 1 aliphatic rings. The standard InChI is InChI=1S/C16H18FN3O2/c17-14-11-12(4-5-15(14)20-9-2-7-19-20)16(21)18-8-6-13-3-1-10-22-13/h2,4-5,7,9,11,13H,1,3,6,8,10H2,(H,18,21). The summed E-state index contributed by atoms with van der Waals surface area (Å²) in [5, 5.41) is 6.78. The quantitative estimate of drug-likeness (QED) is 0.922. The van der Waals surface area contributed by atoms with Crippen molar-refractivity contribution < 1.29 is 13.9 Å². The summed E-state index contributed by atoms with van der Waals surface area (Å²) in [4.78, 5) is 12.0. The summed E-state index contributed by atoms with van der Waals surface area (Å²) < 4.78 is 21.0. The lowest BCUT2D eigenvalue weighted by atomic mass is 10.1. The maximum absolute atomic E-state index is 14.1. The van der Waals surface area contributed by atoms with Gasteiger partial charge in [-0.05, 0) is 43.5 Å². The Balaban J connectivity index is 1.59. The molecule has 0 aliphatic carbocycles. The minimum absolute atomic E-state index is 0.235. The second-order valence-corrected chi connectivity index (χ2v) is 5.30. The third kappa shape index (κ3) is 3.33. The monoisotopic (exact) mass is 303 g/mol. The van der Waals surface area contributed by atoms with Gasteiger partial charge in [-0.1, -0.05) is 0 Å². The van der Waals surface area contributed by atoms with Gasteiger partial charge in [-0.3, -0.25) is 4.79 Å². The van der Waals surface area contributed by atoms with Crippen LogP contribution >= 0.6 is 0 Å². The Bertz CT molecular complexity index is 637. The Kier molecular flexibility index (Phi) is 4.48. The predicted molar refractivity (Wildman–Crippen MR) is 79.4 cm³/mol. The first kappa shape index (κ1) is 14.7. The predicted octanol–water partition coefficient (Wildman–Crippen LogP) is 2.31. The molecule has 2 aromatic rings. The second-order valence-electron chi connectivity index (χ2n) is 5.30. The Morgan fingerprint density at radius 1 is 1.50 bits per heavy atom. The number of benzene rings is 1. The van der Waals surface area contributed by atoms with Crippen LogP contribution in [0.25, 0.3) is 5.69 Å². The number of amides is 1. The van der Waals surface area contributed by atoms with Crippen LogP contribution < -0.4 is 5.32 Å². The number of hydrogen-bond acceptors (Lipinski definition) is 3. The Morgan fingerprint density at radius 2 is 2.41 bits per heavy atom. The Hall–Kier alpha value is -2.21. The van der Waals surface area contributed by atoms with E-state index in [1.54, 1.807) is 30.6 Å². The summed E-state index contributed by atoms with van der Waals surface area (Å²) in [5.41, 5.74) is 0.627. The number of carbonyl (C=O) groups excluding carboxylic acids is 1. The molecule has 5 nitrogen and oxygen atoms in total. The van der Waals surface area contributed by atoms with Crippen LogP contribution in [0.4, 0.5) is 4.39 Å². The molecule has 1 aromatic heterocycles. The normalized spacial score (nSPS) is 17.6. The number of ether oxygens (including phenoxy) is 1. The largest absolute Gasteiger partial charge is 0.378 e. The highest BCUT2D eigenvalue weighted by atomic mass is 19.1. The van der Waals surface area contributed by atoms with Crippen molar-refractivity contribution in [1.29, 1.82) is 0 Å². The lowest BCUT2D eigenvalue weighted by Crippen LogP contribution is -2.27. The number of aromatic nitrogens is 2. The van der Waals surface area contributed by atoms with Gasteiger partial charge in [0, 0.05) is 31.1 Å². The summed E-state index contributed by atoms with van der Waals surface area (Å²) in [7, 11) is 0. The molecule has 3 rings (SSSR count). The molecule has 1 saturated heterocycles. The molecule has 1 unspecified atom stereocenters. The highest BCUT2D eigenvalue weighted by Crippen LogP contribution is 2.16. The Morgan fingerprint density at radius 3 is 3.09 bits per heavy atom. The number of nitrogens with one attached hydrogen (secondary N) is 1. The first-order valence-electron chi connectivity index (χ1n) is 7.43. The van der Waals surface area contributed by atoms with E-state index in [1.807, 2.05) is 0 Å². The van der Waals surface area contributed by atoms with E-state index in [4.69, 9.17) is 4.74 Å². The molecule has 6 heteroatoms. The first-order valence-corrected chi connectivity index (χ1v) is 7.43. The van der Waals surface area contributed by atoms with Gasteiger partial charge in [0.25, 0.3) is 5.91 Å². The van der Waals surface area contributed by atoms with Crippen molar-refractivity contribution in [2.75, 3.05) is 13.2 Å². The van der Waals surface area contributed by atoms with E-state index in [-0.39, 0.29) is 12.0 Å². The van der Waals surface area contributed by atoms with Crippen LogP contribution in [0.3, 0.4) is 0 Å². The number of carbonyl (C=O) groups is 1. The van der Waals surface area contributed by atoms with Crippen molar-refractivity contribution in [2.45, 2.75) is 25.4 Å². The molecule has 0 radical (unpaired) electrons. The average Bonchev–Trinajstić information content (AvgIpc) is 3.20. The second kappa shape index (κ2) is 6.70. The number of rotatable bonds is 5. The fourth-order valence-corrected chi connectivity index (χ4v) is 2.57. The lowest BCUT2D eigenvalue weighted by Gasteiger charge is -2.10. The van der Waals surface area contributed by atoms with E-state index in [2.05, 4.69) is 10.4 Å². The topological polar surface area (TPSA) is 56.1 Å². The highest BCUT2D eigenvalue weighted by molar-refractivity contribution is 5.94. The van der Waals surface area contributed by atoms with Crippen LogP contribution in [0.2, 0.25) is 0 Å². The van der Waals surface area contributed by atoms with Gasteiger partial charge in [-0.15, -0.1) is 0 Å². The fraction of sp³-hybridized carbons (Fsp3) is 0.375. The summed E-state index contributed by atoms with van der Waals surface area (Å²) in [6.45, 7) is 1.34. The SMILES string of the molecule is O=C(NCCC1CCCO1)c1ccc(-n2cccn2)c(F)c1. The van der Waals surface area contributed by atoms with E-state index in [0.717, 1.165) is 25.9 Å². The molecule has 22 heavy (non-hydrogen) atoms. The van der Waals surface area contributed by atoms with Crippen LogP contribution in [-0.4, -0.2) is 34.9 Å². The summed E-state index contributed by atoms with van der Waals surface area (Å²) in [6.07, 6.45) is 6.38. The molecule has 1 aliphatic heterocycles. The van der Waals surface area contributed by atoms with Crippen molar-refractivity contribution in [3.8, 4) is 5.69 Å². The molecule has 1 atom stereocenters. The summed E-state index contributed by atoms with van der Waals surface area (Å²) in [6, 6.07) is 6.10. The third-order valence-electron chi connectivity index (χ3n) is 3.74. The fourth-order valence-electron chi connectivity index (χ4n) is 2.57. The van der Waals surface area contributed by atoms with Gasteiger partial charge in [-0.2, -0.15) is 5.10 Å². The van der Waals surface area contributed by atoms with Crippen molar-refractivity contribution in [3.63, 3.8) is 0 Å². The van der Waals surface area contributed by atoms with Crippen LogP contribution in [-0.2, 0) is 4.74 Å². The van der Waals surface area contributed by atoms with Crippen LogP contribution in [0.1, 0.15) is 29.6 Å². The number of hydrogen-bond donors (Lipinski definition) is 1. The van der Waals surface area contributed by atoms with Gasteiger partial charge in [0.2, 0.25) is 0 Å². The summed E-state index contributed by atoms with van der Waals surface area (Å²) in [5.74, 6) is -0.751. The van der Waals surface area contributed by atoms with Gasteiger partial charge in [0.1, 0.15) is 11.5 Å². The number of halogens is 1. The lowest BCUT2D eigenvalue weighted by molar-refractivity contribution is 0.0907. The molecule has 0 bridgehead atoms. The zero-order valence-corrected chi connectivity index (χ0v) is 12.2. The molecule has 0 spiro atoms. The molecule has 1 amide bonds. The highest BCUT2D eigenvalue weighted by Gasteiger charge is 2.16. The maximum atomic E-state index is 14.1. The minimum Gasteiger partial charge on any atom is -0.378 e. The van der Waals surface area contributed by atoms with E-state index in [1.165, 1.54) is 10.7 Å². The van der Waals surface area contributed by atoms with Gasteiger partial charge in [0.05, 0.1) is 6.10 Å². The van der Waals surface area contributed by atoms with Crippen molar-refractivity contribution >= 4 is 5.91 Å². The van der Waals surface area contributed by atoms with Gasteiger partial charge >= 0.3 is 0 Å².